The number of unbranched alkanes of at least 4 members (excludes halogenated alkanes) is 1. The van der Waals surface area contributed by atoms with Gasteiger partial charge in [0.25, 0.3) is 0 Å². The van der Waals surface area contributed by atoms with Crippen LogP contribution in [-0.4, -0.2) is 28.8 Å². The molecule has 0 spiro atoms. The lowest BCUT2D eigenvalue weighted by atomic mass is 10.2. The molecule has 1 aromatic heterocycles. The molecule has 0 aliphatic carbocycles. The fraction of sp³-hybridized carbons (Fsp3) is 0.400. The second kappa shape index (κ2) is 7.26. The fourth-order valence-corrected chi connectivity index (χ4v) is 1.94. The smallest absolute Gasteiger partial charge is 0.358 e. The van der Waals surface area contributed by atoms with E-state index >= 15 is 0 Å². The number of hydrogen-bond acceptors (Lipinski definition) is 5. The van der Waals surface area contributed by atoms with E-state index in [1.165, 1.54) is 18.3 Å². The van der Waals surface area contributed by atoms with E-state index in [1.54, 1.807) is 0 Å². The average molecular weight is 325 g/mol. The average Bonchev–Trinajstić information content (AvgIpc) is 2.52. The Labute approximate surface area is 132 Å². The van der Waals surface area contributed by atoms with Gasteiger partial charge < -0.3 is 10.2 Å². The van der Waals surface area contributed by atoms with Gasteiger partial charge in [0.05, 0.1) is 11.8 Å². The quantitative estimate of drug-likeness (QED) is 0.874. The van der Waals surface area contributed by atoms with Crippen LogP contribution in [0.25, 0.3) is 0 Å². The van der Waals surface area contributed by atoms with Gasteiger partial charge in [0.2, 0.25) is 5.95 Å². The van der Waals surface area contributed by atoms with Gasteiger partial charge in [0, 0.05) is 19.3 Å². The van der Waals surface area contributed by atoms with Gasteiger partial charge in [-0.15, -0.1) is 5.10 Å². The molecule has 0 fully saturated rings. The minimum absolute atomic E-state index is 0.158. The number of nitrogens with one attached hydrogen (secondary N) is 1. The number of hydrogen-bond donors (Lipinski definition) is 1. The van der Waals surface area contributed by atoms with Crippen molar-refractivity contribution in [1.29, 1.82) is 0 Å². The predicted octanol–water partition coefficient (Wildman–Crippen LogP) is 3.87. The molecular formula is C15H18F3N5. The van der Waals surface area contributed by atoms with E-state index in [4.69, 9.17) is 0 Å². The minimum atomic E-state index is -4.39. The van der Waals surface area contributed by atoms with E-state index in [-0.39, 0.29) is 11.6 Å². The highest BCUT2D eigenvalue weighted by atomic mass is 19.4. The molecule has 2 aromatic rings. The highest BCUT2D eigenvalue weighted by molar-refractivity contribution is 5.55. The Morgan fingerprint density at radius 1 is 1.26 bits per heavy atom. The first kappa shape index (κ1) is 17.0. The van der Waals surface area contributed by atoms with E-state index in [1.807, 2.05) is 11.9 Å². The van der Waals surface area contributed by atoms with Crippen molar-refractivity contribution in [3.8, 4) is 0 Å². The Balaban J connectivity index is 2.14. The Hall–Kier alpha value is -2.38. The molecule has 0 radical (unpaired) electrons. The molecule has 1 aromatic carbocycles. The van der Waals surface area contributed by atoms with Gasteiger partial charge in [-0.1, -0.05) is 19.4 Å². The SMILES string of the molecule is CCCCN(C)c1cnnc(Nc2cccc(C(F)(F)F)c2)n1. The van der Waals surface area contributed by atoms with Crippen molar-refractivity contribution in [1.82, 2.24) is 15.2 Å². The number of aromatic nitrogens is 3. The standard InChI is InChI=1S/C15H18F3N5/c1-3-4-8-23(2)13-10-19-22-14(21-13)20-12-7-5-6-11(9-12)15(16,17)18/h5-7,9-10H,3-4,8H2,1-2H3,(H,20,21,22). The molecule has 1 N–H and O–H groups in total. The molecule has 2 rings (SSSR count). The number of halogens is 3. The molecule has 0 saturated carbocycles. The molecule has 1 heterocycles. The van der Waals surface area contributed by atoms with Crippen molar-refractivity contribution < 1.29 is 13.2 Å². The Morgan fingerprint density at radius 2 is 2.04 bits per heavy atom. The molecule has 23 heavy (non-hydrogen) atoms. The summed E-state index contributed by atoms with van der Waals surface area (Å²) in [4.78, 5) is 6.20. The van der Waals surface area contributed by atoms with Crippen molar-refractivity contribution in [2.75, 3.05) is 23.8 Å². The van der Waals surface area contributed by atoms with Crippen molar-refractivity contribution in [3.63, 3.8) is 0 Å². The largest absolute Gasteiger partial charge is 0.416 e. The second-order valence-electron chi connectivity index (χ2n) is 5.12. The molecule has 0 atom stereocenters. The zero-order valence-electron chi connectivity index (χ0n) is 12.9. The summed E-state index contributed by atoms with van der Waals surface area (Å²) in [6, 6.07) is 4.87. The third-order valence-electron chi connectivity index (χ3n) is 3.23. The van der Waals surface area contributed by atoms with Gasteiger partial charge in [-0.25, -0.2) is 0 Å². The van der Waals surface area contributed by atoms with Gasteiger partial charge in [-0.3, -0.25) is 0 Å². The molecule has 0 aliphatic rings. The summed E-state index contributed by atoms with van der Waals surface area (Å²) >= 11 is 0. The first-order valence-corrected chi connectivity index (χ1v) is 7.25. The topological polar surface area (TPSA) is 53.9 Å². The summed E-state index contributed by atoms with van der Waals surface area (Å²) in [5.74, 6) is 0.771. The van der Waals surface area contributed by atoms with Crippen LogP contribution in [0.1, 0.15) is 25.3 Å². The molecule has 0 saturated heterocycles. The summed E-state index contributed by atoms with van der Waals surface area (Å²) in [6.07, 6.45) is -0.804. The first-order valence-electron chi connectivity index (χ1n) is 7.25. The zero-order chi connectivity index (χ0) is 16.9. The molecule has 0 aliphatic heterocycles. The van der Waals surface area contributed by atoms with Crippen LogP contribution in [-0.2, 0) is 6.18 Å². The summed E-state index contributed by atoms with van der Waals surface area (Å²) in [7, 11) is 1.88. The number of alkyl halides is 3. The van der Waals surface area contributed by atoms with E-state index in [0.29, 0.717) is 5.82 Å². The maximum atomic E-state index is 12.7. The van der Waals surface area contributed by atoms with Crippen LogP contribution in [0.3, 0.4) is 0 Å². The van der Waals surface area contributed by atoms with Crippen LogP contribution in [0.15, 0.2) is 30.5 Å². The number of nitrogens with zero attached hydrogens (tertiary/aromatic N) is 4. The first-order chi connectivity index (χ1) is 10.9. The maximum Gasteiger partial charge on any atom is 0.416 e. The molecule has 0 bridgehead atoms. The predicted molar refractivity (Wildman–Crippen MR) is 82.7 cm³/mol. The Bertz CT molecular complexity index is 645. The number of benzene rings is 1. The highest BCUT2D eigenvalue weighted by Crippen LogP contribution is 2.31. The van der Waals surface area contributed by atoms with Gasteiger partial charge in [-0.2, -0.15) is 23.3 Å². The van der Waals surface area contributed by atoms with Gasteiger partial charge in [0.1, 0.15) is 0 Å². The fourth-order valence-electron chi connectivity index (χ4n) is 1.94. The molecule has 124 valence electrons. The number of anilines is 3. The zero-order valence-corrected chi connectivity index (χ0v) is 12.9. The Morgan fingerprint density at radius 3 is 2.74 bits per heavy atom. The third kappa shape index (κ3) is 4.80. The van der Waals surface area contributed by atoms with Crippen molar-refractivity contribution >= 4 is 17.5 Å². The van der Waals surface area contributed by atoms with Crippen molar-refractivity contribution in [2.45, 2.75) is 25.9 Å². The van der Waals surface area contributed by atoms with Gasteiger partial charge >= 0.3 is 6.18 Å². The lowest BCUT2D eigenvalue weighted by Crippen LogP contribution is -2.20. The van der Waals surface area contributed by atoms with Gasteiger partial charge in [0.15, 0.2) is 5.82 Å². The van der Waals surface area contributed by atoms with E-state index in [2.05, 4.69) is 27.4 Å². The monoisotopic (exact) mass is 325 g/mol. The lowest BCUT2D eigenvalue weighted by molar-refractivity contribution is -0.137. The van der Waals surface area contributed by atoms with Crippen LogP contribution in [0.5, 0.6) is 0 Å². The highest BCUT2D eigenvalue weighted by Gasteiger charge is 2.30. The van der Waals surface area contributed by atoms with Crippen LogP contribution in [0, 0.1) is 0 Å². The molecule has 8 heteroatoms. The maximum absolute atomic E-state index is 12.7. The Kier molecular flexibility index (Phi) is 5.36. The molecule has 5 nitrogen and oxygen atoms in total. The summed E-state index contributed by atoms with van der Waals surface area (Å²) < 4.78 is 38.2. The third-order valence-corrected chi connectivity index (χ3v) is 3.23. The number of rotatable bonds is 6. The van der Waals surface area contributed by atoms with Gasteiger partial charge in [-0.05, 0) is 24.6 Å². The molecule has 0 amide bonds. The van der Waals surface area contributed by atoms with E-state index in [9.17, 15) is 13.2 Å². The molecular weight excluding hydrogens is 307 g/mol. The summed E-state index contributed by atoms with van der Waals surface area (Å²) in [5.41, 5.74) is -0.471. The van der Waals surface area contributed by atoms with E-state index in [0.717, 1.165) is 31.5 Å². The summed E-state index contributed by atoms with van der Waals surface area (Å²) in [6.45, 7) is 2.91. The summed E-state index contributed by atoms with van der Waals surface area (Å²) in [5, 5.41) is 10.4. The van der Waals surface area contributed by atoms with Crippen LogP contribution < -0.4 is 10.2 Å². The second-order valence-corrected chi connectivity index (χ2v) is 5.12. The van der Waals surface area contributed by atoms with Crippen LogP contribution in [0.2, 0.25) is 0 Å². The normalized spacial score (nSPS) is 11.3. The van der Waals surface area contributed by atoms with E-state index < -0.39 is 11.7 Å². The molecule has 0 unspecified atom stereocenters. The minimum Gasteiger partial charge on any atom is -0.358 e. The lowest BCUT2D eigenvalue weighted by Gasteiger charge is -2.17. The van der Waals surface area contributed by atoms with Crippen LogP contribution >= 0.6 is 0 Å². The van der Waals surface area contributed by atoms with Crippen molar-refractivity contribution in [2.24, 2.45) is 0 Å². The van der Waals surface area contributed by atoms with Crippen LogP contribution in [0.4, 0.5) is 30.6 Å². The van der Waals surface area contributed by atoms with Crippen molar-refractivity contribution in [3.05, 3.63) is 36.0 Å².